The van der Waals surface area contributed by atoms with Crippen LogP contribution in [0.2, 0.25) is 0 Å². The van der Waals surface area contributed by atoms with E-state index in [9.17, 15) is 9.18 Å². The fourth-order valence-electron chi connectivity index (χ4n) is 1.40. The maximum Gasteiger partial charge on any atom is 0.169 e. The van der Waals surface area contributed by atoms with Gasteiger partial charge in [-0.25, -0.2) is 4.39 Å². The normalized spacial score (nSPS) is 11.4. The van der Waals surface area contributed by atoms with Crippen molar-refractivity contribution < 1.29 is 13.9 Å². The van der Waals surface area contributed by atoms with Gasteiger partial charge in [0.2, 0.25) is 0 Å². The van der Waals surface area contributed by atoms with Crippen molar-refractivity contribution in [2.24, 2.45) is 11.1 Å². The zero-order chi connectivity index (χ0) is 13.1. The van der Waals surface area contributed by atoms with Gasteiger partial charge in [0.05, 0.1) is 6.61 Å². The van der Waals surface area contributed by atoms with E-state index in [1.54, 1.807) is 26.8 Å². The highest BCUT2D eigenvalue weighted by molar-refractivity contribution is 6.00. The van der Waals surface area contributed by atoms with Crippen LogP contribution in [-0.2, 0) is 0 Å². The number of Topliss-reactive ketones (excluding diaryl/α,β-unsaturated/α-hetero) is 1. The number of halogens is 1. The Kier molecular flexibility index (Phi) is 4.23. The van der Waals surface area contributed by atoms with E-state index in [0.29, 0.717) is 12.2 Å². The number of carbonyl (C=O) groups is 1. The first-order chi connectivity index (χ1) is 7.92. The van der Waals surface area contributed by atoms with Crippen molar-refractivity contribution in [2.75, 3.05) is 13.2 Å². The van der Waals surface area contributed by atoms with Gasteiger partial charge in [0.25, 0.3) is 0 Å². The molecule has 0 spiro atoms. The number of benzene rings is 1. The van der Waals surface area contributed by atoms with E-state index in [-0.39, 0.29) is 18.1 Å². The van der Waals surface area contributed by atoms with Crippen molar-refractivity contribution in [2.45, 2.75) is 20.8 Å². The van der Waals surface area contributed by atoms with Gasteiger partial charge in [-0.2, -0.15) is 0 Å². The number of carbonyl (C=O) groups excluding carboxylic acids is 1. The third kappa shape index (κ3) is 3.03. The molecule has 3 nitrogen and oxygen atoms in total. The largest absolute Gasteiger partial charge is 0.491 e. The van der Waals surface area contributed by atoms with E-state index in [1.165, 1.54) is 12.1 Å². The van der Waals surface area contributed by atoms with Crippen molar-refractivity contribution >= 4 is 5.78 Å². The number of ketones is 1. The average molecular weight is 239 g/mol. The highest BCUT2D eigenvalue weighted by Crippen LogP contribution is 2.24. The lowest BCUT2D eigenvalue weighted by Crippen LogP contribution is -2.32. The van der Waals surface area contributed by atoms with Crippen LogP contribution in [0.1, 0.15) is 31.1 Å². The predicted octanol–water partition coefficient (Wildman–Crippen LogP) is 2.39. The highest BCUT2D eigenvalue weighted by Gasteiger charge is 2.27. The van der Waals surface area contributed by atoms with Crippen LogP contribution in [0.4, 0.5) is 4.39 Å². The molecule has 0 aliphatic rings. The number of ether oxygens (including phenoxy) is 1. The number of hydrogen-bond acceptors (Lipinski definition) is 3. The molecule has 1 aromatic carbocycles. The van der Waals surface area contributed by atoms with Crippen molar-refractivity contribution in [1.29, 1.82) is 0 Å². The van der Waals surface area contributed by atoms with E-state index in [1.807, 2.05) is 0 Å². The van der Waals surface area contributed by atoms with Gasteiger partial charge in [0.1, 0.15) is 0 Å². The molecule has 17 heavy (non-hydrogen) atoms. The van der Waals surface area contributed by atoms with Crippen LogP contribution in [0, 0.1) is 11.2 Å². The van der Waals surface area contributed by atoms with Crippen LogP contribution >= 0.6 is 0 Å². The fourth-order valence-corrected chi connectivity index (χ4v) is 1.40. The summed E-state index contributed by atoms with van der Waals surface area (Å²) >= 11 is 0. The van der Waals surface area contributed by atoms with Crippen LogP contribution in [0.25, 0.3) is 0 Å². The molecule has 0 bridgehead atoms. The third-order valence-corrected chi connectivity index (χ3v) is 2.62. The maximum atomic E-state index is 13.6. The van der Waals surface area contributed by atoms with Crippen molar-refractivity contribution in [3.8, 4) is 5.75 Å². The maximum absolute atomic E-state index is 13.6. The molecular weight excluding hydrogens is 221 g/mol. The summed E-state index contributed by atoms with van der Waals surface area (Å²) in [6, 6.07) is 4.23. The first-order valence-corrected chi connectivity index (χ1v) is 5.59. The first kappa shape index (κ1) is 13.6. The number of rotatable bonds is 5. The molecule has 0 saturated carbocycles. The molecule has 0 atom stereocenters. The quantitative estimate of drug-likeness (QED) is 0.803. The Bertz CT molecular complexity index is 416. The van der Waals surface area contributed by atoms with Gasteiger partial charge in [0, 0.05) is 17.5 Å². The molecule has 1 aromatic rings. The molecule has 2 N–H and O–H groups in total. The van der Waals surface area contributed by atoms with Crippen LogP contribution in [0.15, 0.2) is 18.2 Å². The summed E-state index contributed by atoms with van der Waals surface area (Å²) in [5, 5.41) is 0. The Morgan fingerprint density at radius 3 is 2.59 bits per heavy atom. The summed E-state index contributed by atoms with van der Waals surface area (Å²) in [5.41, 5.74) is 5.16. The monoisotopic (exact) mass is 239 g/mol. The standard InChI is InChI=1S/C13H18FNO2/c1-4-17-11-6-5-9(7-10(11)14)12(16)13(2,3)8-15/h5-7H,4,8,15H2,1-3H3. The van der Waals surface area contributed by atoms with Gasteiger partial charge in [0.15, 0.2) is 17.3 Å². The lowest BCUT2D eigenvalue weighted by atomic mass is 9.84. The van der Waals surface area contributed by atoms with Gasteiger partial charge in [-0.1, -0.05) is 13.8 Å². The SMILES string of the molecule is CCOc1ccc(C(=O)C(C)(C)CN)cc1F. The second-order valence-electron chi connectivity index (χ2n) is 4.50. The minimum atomic E-state index is -0.681. The summed E-state index contributed by atoms with van der Waals surface area (Å²) < 4.78 is 18.7. The summed E-state index contributed by atoms with van der Waals surface area (Å²) in [5.74, 6) is -0.526. The number of nitrogens with two attached hydrogens (primary N) is 1. The van der Waals surface area contributed by atoms with E-state index >= 15 is 0 Å². The van der Waals surface area contributed by atoms with Gasteiger partial charge in [-0.3, -0.25) is 4.79 Å². The zero-order valence-corrected chi connectivity index (χ0v) is 10.4. The molecule has 1 rings (SSSR count). The highest BCUT2D eigenvalue weighted by atomic mass is 19.1. The second-order valence-corrected chi connectivity index (χ2v) is 4.50. The summed E-state index contributed by atoms with van der Waals surface area (Å²) in [6.07, 6.45) is 0. The van der Waals surface area contributed by atoms with Gasteiger partial charge in [-0.05, 0) is 25.1 Å². The Labute approximate surface area is 101 Å². The summed E-state index contributed by atoms with van der Waals surface area (Å²) in [7, 11) is 0. The molecule has 4 heteroatoms. The van der Waals surface area contributed by atoms with Crippen LogP contribution < -0.4 is 10.5 Å². The topological polar surface area (TPSA) is 52.3 Å². The van der Waals surface area contributed by atoms with Crippen LogP contribution in [-0.4, -0.2) is 18.9 Å². The zero-order valence-electron chi connectivity index (χ0n) is 10.4. The third-order valence-electron chi connectivity index (χ3n) is 2.62. The van der Waals surface area contributed by atoms with E-state index in [4.69, 9.17) is 10.5 Å². The van der Waals surface area contributed by atoms with Crippen LogP contribution in [0.3, 0.4) is 0 Å². The second kappa shape index (κ2) is 5.27. The molecule has 0 aliphatic heterocycles. The number of hydrogen-bond donors (Lipinski definition) is 1. The van der Waals surface area contributed by atoms with Gasteiger partial charge in [-0.15, -0.1) is 0 Å². The molecule has 0 aliphatic carbocycles. The van der Waals surface area contributed by atoms with E-state index in [2.05, 4.69) is 0 Å². The minimum Gasteiger partial charge on any atom is -0.491 e. The summed E-state index contributed by atoms with van der Waals surface area (Å²) in [6.45, 7) is 5.86. The predicted molar refractivity (Wildman–Crippen MR) is 64.7 cm³/mol. The van der Waals surface area contributed by atoms with Crippen molar-refractivity contribution in [1.82, 2.24) is 0 Å². The molecule has 0 saturated heterocycles. The molecule has 0 radical (unpaired) electrons. The average Bonchev–Trinajstić information content (AvgIpc) is 2.31. The Morgan fingerprint density at radius 1 is 1.47 bits per heavy atom. The van der Waals surface area contributed by atoms with Crippen LogP contribution in [0.5, 0.6) is 5.75 Å². The molecule has 0 heterocycles. The first-order valence-electron chi connectivity index (χ1n) is 5.59. The molecule has 0 aromatic heterocycles. The smallest absolute Gasteiger partial charge is 0.169 e. The Morgan fingerprint density at radius 2 is 2.12 bits per heavy atom. The van der Waals surface area contributed by atoms with Crippen molar-refractivity contribution in [3.63, 3.8) is 0 Å². The van der Waals surface area contributed by atoms with Gasteiger partial charge < -0.3 is 10.5 Å². The lowest BCUT2D eigenvalue weighted by molar-refractivity contribution is 0.0847. The van der Waals surface area contributed by atoms with Crippen molar-refractivity contribution in [3.05, 3.63) is 29.6 Å². The van der Waals surface area contributed by atoms with Gasteiger partial charge >= 0.3 is 0 Å². The minimum absolute atomic E-state index is 0.162. The molecule has 0 unspecified atom stereocenters. The summed E-state index contributed by atoms with van der Waals surface area (Å²) in [4.78, 5) is 12.0. The van der Waals surface area contributed by atoms with E-state index in [0.717, 1.165) is 0 Å². The Balaban J connectivity index is 3.02. The van der Waals surface area contributed by atoms with E-state index < -0.39 is 11.2 Å². The molecule has 0 fully saturated rings. The molecule has 0 amide bonds. The molecular formula is C13H18FNO2. The molecule has 94 valence electrons. The Hall–Kier alpha value is -1.42. The lowest BCUT2D eigenvalue weighted by Gasteiger charge is -2.20. The fraction of sp³-hybridized carbons (Fsp3) is 0.462.